The maximum Gasteiger partial charge on any atom is 0.251 e. The molecule has 2 rings (SSSR count). The van der Waals surface area contributed by atoms with Crippen LogP contribution in [0.1, 0.15) is 44.0 Å². The number of carbonyl (C=O) groups is 1. The van der Waals surface area contributed by atoms with Crippen LogP contribution in [0, 0.1) is 10.8 Å². The number of hydrogen-bond donors (Lipinski definition) is 3. The van der Waals surface area contributed by atoms with Crippen LogP contribution < -0.4 is 15.4 Å². The Morgan fingerprint density at radius 1 is 1.48 bits per heavy atom. The minimum absolute atomic E-state index is 0.149. The van der Waals surface area contributed by atoms with Crippen molar-refractivity contribution in [2.75, 3.05) is 26.7 Å². The van der Waals surface area contributed by atoms with Crippen LogP contribution in [0.2, 0.25) is 5.02 Å². The van der Waals surface area contributed by atoms with E-state index < -0.39 is 17.7 Å². The monoisotopic (exact) mass is 400 g/mol. The van der Waals surface area contributed by atoms with Gasteiger partial charge in [-0.3, -0.25) is 4.79 Å². The number of ether oxygens (including phenoxy) is 1. The predicted octanol–water partition coefficient (Wildman–Crippen LogP) is 3.19. The molecule has 1 aromatic rings. The summed E-state index contributed by atoms with van der Waals surface area (Å²) in [6.45, 7) is 6.80. The molecule has 1 aromatic carbocycles. The third kappa shape index (κ3) is 5.56. The van der Waals surface area contributed by atoms with Gasteiger partial charge in [-0.1, -0.05) is 32.4 Å². The zero-order valence-corrected chi connectivity index (χ0v) is 17.2. The van der Waals surface area contributed by atoms with Crippen LogP contribution in [-0.2, 0) is 0 Å². The summed E-state index contributed by atoms with van der Waals surface area (Å²) < 4.78 is 20.1. The van der Waals surface area contributed by atoms with Crippen molar-refractivity contribution in [2.45, 2.75) is 45.9 Å². The Labute approximate surface area is 165 Å². The van der Waals surface area contributed by atoms with Crippen molar-refractivity contribution in [3.8, 4) is 5.75 Å². The maximum absolute atomic E-state index is 14.9. The first-order valence-corrected chi connectivity index (χ1v) is 9.61. The van der Waals surface area contributed by atoms with Gasteiger partial charge < -0.3 is 20.5 Å². The minimum atomic E-state index is -1.16. The summed E-state index contributed by atoms with van der Waals surface area (Å²) in [5, 5.41) is 16.8. The Morgan fingerprint density at radius 2 is 2.19 bits per heavy atom. The molecule has 3 N–H and O–H groups in total. The summed E-state index contributed by atoms with van der Waals surface area (Å²) in [5.74, 6) is 0.141. The minimum Gasteiger partial charge on any atom is -0.497 e. The van der Waals surface area contributed by atoms with Crippen LogP contribution in [0.25, 0.3) is 0 Å². The van der Waals surface area contributed by atoms with E-state index in [1.54, 1.807) is 18.2 Å². The largest absolute Gasteiger partial charge is 0.497 e. The highest BCUT2D eigenvalue weighted by Crippen LogP contribution is 2.39. The molecule has 0 radical (unpaired) electrons. The van der Waals surface area contributed by atoms with E-state index in [4.69, 9.17) is 16.3 Å². The molecule has 1 aliphatic rings. The van der Waals surface area contributed by atoms with E-state index in [0.717, 1.165) is 0 Å². The molecule has 7 heteroatoms. The second kappa shape index (κ2) is 8.76. The molecular formula is C20H30ClFN2O3. The summed E-state index contributed by atoms with van der Waals surface area (Å²) in [5.41, 5.74) is -0.812. The van der Waals surface area contributed by atoms with Gasteiger partial charge in [-0.05, 0) is 43.0 Å². The molecule has 0 aliphatic carbocycles. The number of alkyl halides is 1. The Hall–Kier alpha value is -1.37. The molecule has 27 heavy (non-hydrogen) atoms. The van der Waals surface area contributed by atoms with E-state index in [1.807, 2.05) is 20.8 Å². The highest BCUT2D eigenvalue weighted by molar-refractivity contribution is 6.31. The van der Waals surface area contributed by atoms with Crippen LogP contribution in [-0.4, -0.2) is 50.0 Å². The second-order valence-corrected chi connectivity index (χ2v) is 8.87. The molecule has 1 saturated heterocycles. The number of methoxy groups -OCH3 is 1. The van der Waals surface area contributed by atoms with Crippen molar-refractivity contribution < 1.29 is 19.0 Å². The molecule has 0 aromatic heterocycles. The first-order chi connectivity index (χ1) is 12.6. The molecule has 152 valence electrons. The average molecular weight is 401 g/mol. The summed E-state index contributed by atoms with van der Waals surface area (Å²) in [6.07, 6.45) is -0.992. The fourth-order valence-corrected chi connectivity index (χ4v) is 3.53. The number of hydrogen-bond acceptors (Lipinski definition) is 4. The molecule has 0 spiro atoms. The summed E-state index contributed by atoms with van der Waals surface area (Å²) in [7, 11) is 1.50. The van der Waals surface area contributed by atoms with E-state index in [1.165, 1.54) is 7.11 Å². The number of benzene rings is 1. The molecular weight excluding hydrogens is 371 g/mol. The number of halogens is 2. The summed E-state index contributed by atoms with van der Waals surface area (Å²) in [6, 6.07) is 4.75. The first kappa shape index (κ1) is 21.9. The SMILES string of the molecule is COc1cc(Cl)cc(C(=O)NC[C@]2(C[C@H](O)C(C)(C)C)CCNC[C@H]2F)c1. The van der Waals surface area contributed by atoms with Crippen molar-refractivity contribution >= 4 is 17.5 Å². The smallest absolute Gasteiger partial charge is 0.251 e. The number of amides is 1. The molecule has 0 bridgehead atoms. The summed E-state index contributed by atoms with van der Waals surface area (Å²) >= 11 is 6.03. The van der Waals surface area contributed by atoms with E-state index in [0.29, 0.717) is 35.7 Å². The lowest BCUT2D eigenvalue weighted by atomic mass is 9.69. The topological polar surface area (TPSA) is 70.6 Å². The van der Waals surface area contributed by atoms with Crippen molar-refractivity contribution in [3.63, 3.8) is 0 Å². The van der Waals surface area contributed by atoms with Crippen LogP contribution in [0.4, 0.5) is 4.39 Å². The van der Waals surface area contributed by atoms with E-state index in [9.17, 15) is 14.3 Å². The molecule has 1 fully saturated rings. The normalized spacial score (nSPS) is 24.3. The van der Waals surface area contributed by atoms with Crippen molar-refractivity contribution in [3.05, 3.63) is 28.8 Å². The standard InChI is InChI=1S/C20H30ClFN2O3/c1-19(2,3)17(25)10-20(5-6-23-11-16(20)22)12-24-18(26)13-7-14(21)9-15(8-13)27-4/h7-9,16-17,23,25H,5-6,10-12H2,1-4H3,(H,24,26)/t16-,17+,20-/m1/s1. The van der Waals surface area contributed by atoms with Gasteiger partial charge in [-0.2, -0.15) is 0 Å². The van der Waals surface area contributed by atoms with Gasteiger partial charge in [0, 0.05) is 29.1 Å². The molecule has 3 atom stereocenters. The molecule has 1 aliphatic heterocycles. The fraction of sp³-hybridized carbons (Fsp3) is 0.650. The maximum atomic E-state index is 14.9. The number of aliphatic hydroxyl groups excluding tert-OH is 1. The lowest BCUT2D eigenvalue weighted by Gasteiger charge is -2.44. The second-order valence-electron chi connectivity index (χ2n) is 8.43. The van der Waals surface area contributed by atoms with E-state index in [-0.39, 0.29) is 24.4 Å². The van der Waals surface area contributed by atoms with Crippen LogP contribution >= 0.6 is 11.6 Å². The van der Waals surface area contributed by atoms with Gasteiger partial charge in [-0.15, -0.1) is 0 Å². The fourth-order valence-electron chi connectivity index (χ4n) is 3.30. The van der Waals surface area contributed by atoms with Crippen LogP contribution in [0.3, 0.4) is 0 Å². The molecule has 1 heterocycles. The number of carbonyl (C=O) groups excluding carboxylic acids is 1. The van der Waals surface area contributed by atoms with Gasteiger partial charge in [-0.25, -0.2) is 4.39 Å². The van der Waals surface area contributed by atoms with E-state index >= 15 is 0 Å². The highest BCUT2D eigenvalue weighted by Gasteiger charge is 2.44. The van der Waals surface area contributed by atoms with Gasteiger partial charge >= 0.3 is 0 Å². The third-order valence-electron chi connectivity index (χ3n) is 5.36. The lowest BCUT2D eigenvalue weighted by Crippen LogP contribution is -2.54. The van der Waals surface area contributed by atoms with E-state index in [2.05, 4.69) is 10.6 Å². The summed E-state index contributed by atoms with van der Waals surface area (Å²) in [4.78, 5) is 12.6. The zero-order chi connectivity index (χ0) is 20.2. The lowest BCUT2D eigenvalue weighted by molar-refractivity contribution is -0.0277. The molecule has 0 unspecified atom stereocenters. The van der Waals surface area contributed by atoms with Gasteiger partial charge in [0.05, 0.1) is 13.2 Å². The highest BCUT2D eigenvalue weighted by atomic mass is 35.5. The van der Waals surface area contributed by atoms with Crippen molar-refractivity contribution in [1.82, 2.24) is 10.6 Å². The van der Waals surface area contributed by atoms with Gasteiger partial charge in [0.1, 0.15) is 11.9 Å². The number of nitrogens with one attached hydrogen (secondary N) is 2. The van der Waals surface area contributed by atoms with Gasteiger partial charge in [0.15, 0.2) is 0 Å². The average Bonchev–Trinajstić information content (AvgIpc) is 2.60. The molecule has 5 nitrogen and oxygen atoms in total. The van der Waals surface area contributed by atoms with Crippen LogP contribution in [0.5, 0.6) is 5.75 Å². The van der Waals surface area contributed by atoms with Crippen molar-refractivity contribution in [1.29, 1.82) is 0 Å². The number of piperidine rings is 1. The number of rotatable bonds is 6. The van der Waals surface area contributed by atoms with Crippen molar-refractivity contribution in [2.24, 2.45) is 10.8 Å². The Kier molecular flexibility index (Phi) is 7.11. The molecule has 1 amide bonds. The molecule has 0 saturated carbocycles. The third-order valence-corrected chi connectivity index (χ3v) is 5.58. The predicted molar refractivity (Wildman–Crippen MR) is 105 cm³/mol. The Morgan fingerprint density at radius 3 is 2.78 bits per heavy atom. The Balaban J connectivity index is 2.16. The first-order valence-electron chi connectivity index (χ1n) is 9.23. The number of aliphatic hydroxyl groups is 1. The zero-order valence-electron chi connectivity index (χ0n) is 16.4. The Bertz CT molecular complexity index is 665. The van der Waals surface area contributed by atoms with Gasteiger partial charge in [0.25, 0.3) is 5.91 Å². The van der Waals surface area contributed by atoms with Gasteiger partial charge in [0.2, 0.25) is 0 Å². The van der Waals surface area contributed by atoms with Crippen LogP contribution in [0.15, 0.2) is 18.2 Å². The quantitative estimate of drug-likeness (QED) is 0.685.